The highest BCUT2D eigenvalue weighted by Gasteiger charge is 2.51. The molecule has 2 heterocycles. The van der Waals surface area contributed by atoms with Crippen molar-refractivity contribution >= 4 is 0 Å². The Hall–Kier alpha value is -1.22. The minimum atomic E-state index is -0.138. The quantitative estimate of drug-likeness (QED) is 0.832. The maximum atomic E-state index is 10.7. The van der Waals surface area contributed by atoms with Crippen molar-refractivity contribution in [2.75, 3.05) is 6.61 Å². The van der Waals surface area contributed by atoms with Crippen molar-refractivity contribution in [2.24, 2.45) is 5.41 Å². The number of ether oxygens (including phenoxy) is 2. The van der Waals surface area contributed by atoms with Crippen LogP contribution in [0, 0.1) is 5.41 Å². The zero-order valence-electron chi connectivity index (χ0n) is 15.5. The van der Waals surface area contributed by atoms with Crippen LogP contribution in [0.2, 0.25) is 0 Å². The molecule has 0 saturated carbocycles. The van der Waals surface area contributed by atoms with Gasteiger partial charge in [-0.15, -0.1) is 0 Å². The van der Waals surface area contributed by atoms with E-state index in [1.807, 2.05) is 6.07 Å². The number of epoxide rings is 1. The molecule has 23 heavy (non-hydrogen) atoms. The topological polar surface area (TPSA) is 42.0 Å². The Kier molecular flexibility index (Phi) is 3.54. The number of hydrogen-bond donors (Lipinski definition) is 1. The molecule has 3 nitrogen and oxygen atoms in total. The van der Waals surface area contributed by atoms with Gasteiger partial charge in [0, 0.05) is 16.5 Å². The van der Waals surface area contributed by atoms with Crippen molar-refractivity contribution in [3.05, 3.63) is 23.3 Å². The summed E-state index contributed by atoms with van der Waals surface area (Å²) >= 11 is 0. The van der Waals surface area contributed by atoms with Crippen LogP contribution in [-0.2, 0) is 15.6 Å². The normalized spacial score (nSPS) is 25.9. The van der Waals surface area contributed by atoms with Crippen LogP contribution >= 0.6 is 0 Å². The van der Waals surface area contributed by atoms with E-state index in [0.717, 1.165) is 29.9 Å². The molecule has 2 unspecified atom stereocenters. The highest BCUT2D eigenvalue weighted by molar-refractivity contribution is 5.54. The fraction of sp³-hybridized carbons (Fsp3) is 0.700. The second-order valence-corrected chi connectivity index (χ2v) is 9.62. The number of fused-ring (bicyclic) bond motifs is 1. The van der Waals surface area contributed by atoms with Crippen molar-refractivity contribution in [2.45, 2.75) is 77.9 Å². The van der Waals surface area contributed by atoms with Crippen molar-refractivity contribution in [1.82, 2.24) is 0 Å². The third-order valence-corrected chi connectivity index (χ3v) is 5.16. The van der Waals surface area contributed by atoms with Crippen molar-refractivity contribution in [3.8, 4) is 11.5 Å². The van der Waals surface area contributed by atoms with Gasteiger partial charge in [0.05, 0.1) is 6.61 Å². The van der Waals surface area contributed by atoms with Crippen LogP contribution in [0.15, 0.2) is 12.1 Å². The number of aromatic hydroxyl groups is 1. The minimum absolute atomic E-state index is 0.0397. The summed E-state index contributed by atoms with van der Waals surface area (Å²) in [6, 6.07) is 3.97. The van der Waals surface area contributed by atoms with Crippen LogP contribution in [0.3, 0.4) is 0 Å². The van der Waals surface area contributed by atoms with Gasteiger partial charge >= 0.3 is 0 Å². The van der Waals surface area contributed by atoms with E-state index in [2.05, 4.69) is 54.5 Å². The van der Waals surface area contributed by atoms with Crippen LogP contribution in [0.4, 0.5) is 0 Å². The summed E-state index contributed by atoms with van der Waals surface area (Å²) < 4.78 is 11.7. The second-order valence-electron chi connectivity index (χ2n) is 9.62. The molecule has 1 aromatic carbocycles. The summed E-state index contributed by atoms with van der Waals surface area (Å²) in [7, 11) is 0. The van der Waals surface area contributed by atoms with Gasteiger partial charge in [-0.1, -0.05) is 48.5 Å². The lowest BCUT2D eigenvalue weighted by Gasteiger charge is -2.33. The average molecular weight is 318 g/mol. The molecule has 0 aromatic heterocycles. The monoisotopic (exact) mass is 318 g/mol. The van der Waals surface area contributed by atoms with Crippen molar-refractivity contribution < 1.29 is 14.6 Å². The van der Waals surface area contributed by atoms with Gasteiger partial charge < -0.3 is 14.6 Å². The molecule has 2 atom stereocenters. The van der Waals surface area contributed by atoms with E-state index in [1.165, 1.54) is 0 Å². The van der Waals surface area contributed by atoms with Gasteiger partial charge in [0.15, 0.2) is 0 Å². The number of phenols is 1. The molecule has 3 rings (SSSR count). The molecule has 1 N–H and O–H groups in total. The summed E-state index contributed by atoms with van der Waals surface area (Å²) in [5, 5.41) is 10.7. The molecule has 0 bridgehead atoms. The van der Waals surface area contributed by atoms with E-state index < -0.39 is 0 Å². The molecule has 0 spiro atoms. The smallest absolute Gasteiger partial charge is 0.136 e. The molecule has 0 radical (unpaired) electrons. The van der Waals surface area contributed by atoms with Crippen LogP contribution in [0.25, 0.3) is 0 Å². The largest absolute Gasteiger partial charge is 0.508 e. The van der Waals surface area contributed by atoms with Crippen LogP contribution in [0.5, 0.6) is 11.5 Å². The Balaban J connectivity index is 1.99. The van der Waals surface area contributed by atoms with Crippen molar-refractivity contribution in [3.63, 3.8) is 0 Å². The first-order chi connectivity index (χ1) is 10.4. The van der Waals surface area contributed by atoms with E-state index in [0.29, 0.717) is 5.75 Å². The highest BCUT2D eigenvalue weighted by Crippen LogP contribution is 2.51. The number of rotatable bonds is 3. The van der Waals surface area contributed by atoms with Gasteiger partial charge in [0.2, 0.25) is 0 Å². The fourth-order valence-electron chi connectivity index (χ4n) is 4.34. The Bertz CT molecular complexity index is 619. The van der Waals surface area contributed by atoms with E-state index in [4.69, 9.17) is 9.47 Å². The lowest BCUT2D eigenvalue weighted by molar-refractivity contribution is 0.127. The summed E-state index contributed by atoms with van der Waals surface area (Å²) in [4.78, 5) is 0. The fourth-order valence-corrected chi connectivity index (χ4v) is 4.34. The third-order valence-electron chi connectivity index (χ3n) is 5.16. The average Bonchev–Trinajstić information content (AvgIpc) is 3.13. The molecule has 1 aromatic rings. The van der Waals surface area contributed by atoms with Crippen LogP contribution in [-0.4, -0.2) is 23.9 Å². The number of benzene rings is 1. The van der Waals surface area contributed by atoms with E-state index in [9.17, 15) is 5.11 Å². The first-order valence-electron chi connectivity index (χ1n) is 8.58. The van der Waals surface area contributed by atoms with E-state index >= 15 is 0 Å². The second kappa shape index (κ2) is 4.89. The first-order valence-corrected chi connectivity index (χ1v) is 8.58. The highest BCUT2D eigenvalue weighted by atomic mass is 16.6. The molecule has 1 fully saturated rings. The Morgan fingerprint density at radius 1 is 1.17 bits per heavy atom. The summed E-state index contributed by atoms with van der Waals surface area (Å²) in [5.74, 6) is 1.29. The lowest BCUT2D eigenvalue weighted by Crippen LogP contribution is -2.36. The van der Waals surface area contributed by atoms with Crippen LogP contribution < -0.4 is 4.74 Å². The lowest BCUT2D eigenvalue weighted by atomic mass is 9.71. The minimum Gasteiger partial charge on any atom is -0.508 e. The van der Waals surface area contributed by atoms with Gasteiger partial charge in [0.25, 0.3) is 0 Å². The van der Waals surface area contributed by atoms with Gasteiger partial charge in [-0.3, -0.25) is 0 Å². The first kappa shape index (κ1) is 16.6. The Labute approximate surface area is 140 Å². The maximum absolute atomic E-state index is 10.7. The van der Waals surface area contributed by atoms with E-state index in [-0.39, 0.29) is 28.5 Å². The molecule has 2 aliphatic heterocycles. The molecule has 0 amide bonds. The van der Waals surface area contributed by atoms with Gasteiger partial charge in [-0.25, -0.2) is 0 Å². The predicted octanol–water partition coefficient (Wildman–Crippen LogP) is 4.54. The SMILES string of the molecule is CC(C)(C)CC(C)(C)c1cc2c(cc1O)C(C)(C)C(C1CO1)O2. The molecule has 128 valence electrons. The van der Waals surface area contributed by atoms with Crippen LogP contribution in [0.1, 0.15) is 66.0 Å². The Morgan fingerprint density at radius 3 is 2.30 bits per heavy atom. The molecule has 1 saturated heterocycles. The van der Waals surface area contributed by atoms with Crippen molar-refractivity contribution in [1.29, 1.82) is 0 Å². The summed E-state index contributed by atoms with van der Waals surface area (Å²) in [6.07, 6.45) is 1.22. The molecule has 0 aliphatic carbocycles. The van der Waals surface area contributed by atoms with Gasteiger partial charge in [-0.2, -0.15) is 0 Å². The van der Waals surface area contributed by atoms with Gasteiger partial charge in [0.1, 0.15) is 23.7 Å². The summed E-state index contributed by atoms with van der Waals surface area (Å²) in [6.45, 7) is 16.2. The Morgan fingerprint density at radius 2 is 1.78 bits per heavy atom. The number of phenolic OH excluding ortho intramolecular Hbond substituents is 1. The number of hydrogen-bond acceptors (Lipinski definition) is 3. The predicted molar refractivity (Wildman–Crippen MR) is 92.4 cm³/mol. The molecular weight excluding hydrogens is 288 g/mol. The standard InChI is InChI=1S/C20H30O3/c1-18(2,3)11-19(4,5)12-9-15-13(8-14(12)21)20(6,7)17(23-15)16-10-22-16/h8-9,16-17,21H,10-11H2,1-7H3. The van der Waals surface area contributed by atoms with Gasteiger partial charge in [-0.05, 0) is 29.4 Å². The summed E-state index contributed by atoms with van der Waals surface area (Å²) in [5.41, 5.74) is 2.00. The maximum Gasteiger partial charge on any atom is 0.136 e. The molecule has 3 heteroatoms. The molecular formula is C20H30O3. The zero-order valence-corrected chi connectivity index (χ0v) is 15.5. The zero-order chi connectivity index (χ0) is 17.2. The van der Waals surface area contributed by atoms with E-state index in [1.54, 1.807) is 0 Å². The molecule has 2 aliphatic rings. The third kappa shape index (κ3) is 2.96.